The highest BCUT2D eigenvalue weighted by atomic mass is 35.5. The molecule has 0 aliphatic heterocycles. The Kier molecular flexibility index (Phi) is 7.47. The summed E-state index contributed by atoms with van der Waals surface area (Å²) in [6, 6.07) is 19.9. The van der Waals surface area contributed by atoms with Crippen molar-refractivity contribution in [3.8, 4) is 11.3 Å². The van der Waals surface area contributed by atoms with Crippen molar-refractivity contribution >= 4 is 17.5 Å². The molecule has 6 heteroatoms. The molecule has 1 aromatic heterocycles. The number of halogens is 1. The Balaban J connectivity index is 1.91. The smallest absolute Gasteiger partial charge is 0.245 e. The minimum Gasteiger partial charge on any atom is -0.377 e. The molecule has 152 valence electrons. The molecule has 0 fully saturated rings. The zero-order valence-corrected chi connectivity index (χ0v) is 17.0. The van der Waals surface area contributed by atoms with Crippen LogP contribution in [0.2, 0.25) is 5.02 Å². The van der Waals surface area contributed by atoms with Gasteiger partial charge in [-0.15, -0.1) is 0 Å². The average Bonchev–Trinajstić information content (AvgIpc) is 3.28. The first kappa shape index (κ1) is 21.1. The quantitative estimate of drug-likeness (QED) is 0.343. The topological polar surface area (TPSA) is 74.3 Å². The predicted octanol–water partition coefficient (Wildman–Crippen LogP) is 4.96. The van der Waals surface area contributed by atoms with Crippen molar-refractivity contribution in [1.29, 1.82) is 0 Å². The molecule has 2 unspecified atom stereocenters. The third kappa shape index (κ3) is 5.70. The second-order valence-corrected chi connectivity index (χ2v) is 7.31. The summed E-state index contributed by atoms with van der Waals surface area (Å²) in [5, 5.41) is 9.68. The highest BCUT2D eigenvalue weighted by molar-refractivity contribution is 6.30. The lowest BCUT2D eigenvalue weighted by Gasteiger charge is -2.27. The maximum atomic E-state index is 11.9. The van der Waals surface area contributed by atoms with Crippen LogP contribution in [-0.2, 0) is 16.0 Å². The molecule has 1 heterocycles. The first-order valence-corrected chi connectivity index (χ1v) is 10.0. The third-order valence-electron chi connectivity index (χ3n) is 4.96. The Morgan fingerprint density at radius 1 is 1.14 bits per heavy atom. The zero-order valence-electron chi connectivity index (χ0n) is 16.3. The second-order valence-electron chi connectivity index (χ2n) is 6.88. The summed E-state index contributed by atoms with van der Waals surface area (Å²) in [4.78, 5) is 15.1. The van der Waals surface area contributed by atoms with Crippen LogP contribution in [0.25, 0.3) is 11.3 Å². The van der Waals surface area contributed by atoms with Gasteiger partial charge in [0.1, 0.15) is 0 Å². The Morgan fingerprint density at radius 2 is 1.86 bits per heavy atom. The SMILES string of the molecule is CCOC(CC(=O)NO)C(Cc1ccc(Cl)cc1)c1ccc(-c2ccc[nH]2)cc1. The van der Waals surface area contributed by atoms with Crippen LogP contribution in [0.4, 0.5) is 0 Å². The monoisotopic (exact) mass is 412 g/mol. The number of aromatic nitrogens is 1. The van der Waals surface area contributed by atoms with Gasteiger partial charge in [-0.1, -0.05) is 48.0 Å². The van der Waals surface area contributed by atoms with Crippen molar-refractivity contribution in [2.45, 2.75) is 31.8 Å². The van der Waals surface area contributed by atoms with Crippen molar-refractivity contribution in [3.63, 3.8) is 0 Å². The number of benzene rings is 2. The minimum atomic E-state index is -0.465. The number of hydrogen-bond donors (Lipinski definition) is 3. The zero-order chi connectivity index (χ0) is 20.6. The number of H-pyrrole nitrogens is 1. The van der Waals surface area contributed by atoms with E-state index in [9.17, 15) is 4.79 Å². The second kappa shape index (κ2) is 10.3. The lowest BCUT2D eigenvalue weighted by Crippen LogP contribution is -2.31. The van der Waals surface area contributed by atoms with Gasteiger partial charge in [-0.3, -0.25) is 10.0 Å². The van der Waals surface area contributed by atoms with E-state index >= 15 is 0 Å². The van der Waals surface area contributed by atoms with E-state index in [-0.39, 0.29) is 18.4 Å². The molecule has 3 aromatic rings. The third-order valence-corrected chi connectivity index (χ3v) is 5.21. The van der Waals surface area contributed by atoms with Gasteiger partial charge in [0, 0.05) is 29.4 Å². The first-order chi connectivity index (χ1) is 14.1. The average molecular weight is 413 g/mol. The molecule has 0 bridgehead atoms. The van der Waals surface area contributed by atoms with Gasteiger partial charge >= 0.3 is 0 Å². The summed E-state index contributed by atoms with van der Waals surface area (Å²) in [5.74, 6) is -0.529. The largest absolute Gasteiger partial charge is 0.377 e. The standard InChI is InChI=1S/C23H25ClN2O3/c1-2-29-22(15-23(27)26-28)20(14-16-5-11-19(24)12-6-16)17-7-9-18(10-8-17)21-4-3-13-25-21/h3-13,20,22,25,28H,2,14-15H2,1H3,(H,26,27). The fourth-order valence-corrected chi connectivity index (χ4v) is 3.64. The van der Waals surface area contributed by atoms with E-state index in [1.165, 1.54) is 0 Å². The Bertz CT molecular complexity index is 893. The van der Waals surface area contributed by atoms with Crippen LogP contribution in [0.5, 0.6) is 0 Å². The van der Waals surface area contributed by atoms with E-state index in [2.05, 4.69) is 29.2 Å². The number of hydroxylamine groups is 1. The number of nitrogens with one attached hydrogen (secondary N) is 2. The van der Waals surface area contributed by atoms with Crippen LogP contribution in [0, 0.1) is 0 Å². The summed E-state index contributed by atoms with van der Waals surface area (Å²) < 4.78 is 5.93. The molecule has 2 atom stereocenters. The van der Waals surface area contributed by atoms with Gasteiger partial charge in [-0.2, -0.15) is 0 Å². The molecule has 0 saturated carbocycles. The van der Waals surface area contributed by atoms with Gasteiger partial charge in [0.25, 0.3) is 0 Å². The molecule has 0 aliphatic carbocycles. The number of aromatic amines is 1. The lowest BCUT2D eigenvalue weighted by atomic mass is 9.85. The van der Waals surface area contributed by atoms with Crippen LogP contribution in [0.1, 0.15) is 30.4 Å². The summed E-state index contributed by atoms with van der Waals surface area (Å²) in [7, 11) is 0. The van der Waals surface area contributed by atoms with Crippen molar-refractivity contribution < 1.29 is 14.7 Å². The number of hydrogen-bond acceptors (Lipinski definition) is 3. The molecule has 29 heavy (non-hydrogen) atoms. The summed E-state index contributed by atoms with van der Waals surface area (Å²) >= 11 is 6.02. The van der Waals surface area contributed by atoms with Crippen LogP contribution in [-0.4, -0.2) is 28.8 Å². The van der Waals surface area contributed by atoms with Gasteiger partial charge in [0.05, 0.1) is 12.5 Å². The van der Waals surface area contributed by atoms with E-state index in [1.54, 1.807) is 5.48 Å². The fourth-order valence-electron chi connectivity index (χ4n) is 3.52. The van der Waals surface area contributed by atoms with E-state index in [1.807, 2.05) is 49.5 Å². The molecule has 0 saturated heterocycles. The van der Waals surface area contributed by atoms with Crippen molar-refractivity contribution in [1.82, 2.24) is 10.5 Å². The van der Waals surface area contributed by atoms with E-state index in [0.717, 1.165) is 22.4 Å². The van der Waals surface area contributed by atoms with E-state index in [4.69, 9.17) is 21.5 Å². The Hall–Kier alpha value is -2.60. The summed E-state index contributed by atoms with van der Waals surface area (Å²) in [6.07, 6.45) is 2.27. The molecule has 0 spiro atoms. The minimum absolute atomic E-state index is 0.0638. The van der Waals surface area contributed by atoms with Crippen LogP contribution >= 0.6 is 11.6 Å². The van der Waals surface area contributed by atoms with Gasteiger partial charge in [-0.05, 0) is 54.3 Å². The number of carbonyl (C=O) groups excluding carboxylic acids is 1. The molecule has 0 aliphatic rings. The van der Waals surface area contributed by atoms with Crippen LogP contribution < -0.4 is 5.48 Å². The highest BCUT2D eigenvalue weighted by Gasteiger charge is 2.26. The molecule has 0 radical (unpaired) electrons. The van der Waals surface area contributed by atoms with Crippen LogP contribution in [0.15, 0.2) is 66.9 Å². The van der Waals surface area contributed by atoms with Gasteiger partial charge in [-0.25, -0.2) is 5.48 Å². The summed E-state index contributed by atoms with van der Waals surface area (Å²) in [5.41, 5.74) is 6.02. The van der Waals surface area contributed by atoms with Gasteiger partial charge in [0.15, 0.2) is 0 Å². The Morgan fingerprint density at radius 3 is 2.45 bits per heavy atom. The summed E-state index contributed by atoms with van der Waals surface area (Å²) in [6.45, 7) is 2.37. The normalized spacial score (nSPS) is 13.1. The van der Waals surface area contributed by atoms with Crippen molar-refractivity contribution in [3.05, 3.63) is 83.0 Å². The molecule has 1 amide bonds. The molecule has 2 aromatic carbocycles. The van der Waals surface area contributed by atoms with Crippen LogP contribution in [0.3, 0.4) is 0 Å². The molecular formula is C23H25ClN2O3. The maximum Gasteiger partial charge on any atom is 0.245 e. The highest BCUT2D eigenvalue weighted by Crippen LogP contribution is 2.30. The Labute approximate surface area is 175 Å². The van der Waals surface area contributed by atoms with Gasteiger partial charge in [0.2, 0.25) is 5.91 Å². The lowest BCUT2D eigenvalue weighted by molar-refractivity contribution is -0.132. The molecular weight excluding hydrogens is 388 g/mol. The van der Waals surface area contributed by atoms with Crippen molar-refractivity contribution in [2.24, 2.45) is 0 Å². The molecule has 3 rings (SSSR count). The predicted molar refractivity (Wildman–Crippen MR) is 114 cm³/mol. The fraction of sp³-hybridized carbons (Fsp3) is 0.261. The number of rotatable bonds is 9. The molecule has 3 N–H and O–H groups in total. The van der Waals surface area contributed by atoms with Crippen molar-refractivity contribution in [2.75, 3.05) is 6.61 Å². The number of amides is 1. The number of carbonyl (C=O) groups is 1. The van der Waals surface area contributed by atoms with E-state index in [0.29, 0.717) is 18.1 Å². The van der Waals surface area contributed by atoms with Gasteiger partial charge < -0.3 is 9.72 Å². The molecule has 5 nitrogen and oxygen atoms in total. The number of ether oxygens (including phenoxy) is 1. The maximum absolute atomic E-state index is 11.9. The first-order valence-electron chi connectivity index (χ1n) is 9.63. The van der Waals surface area contributed by atoms with E-state index < -0.39 is 5.91 Å².